The first-order valence-electron chi connectivity index (χ1n) is 5.21. The molecule has 4 heteroatoms. The van der Waals surface area contributed by atoms with E-state index in [0.29, 0.717) is 0 Å². The van der Waals surface area contributed by atoms with Gasteiger partial charge >= 0.3 is 0 Å². The van der Waals surface area contributed by atoms with E-state index in [0.717, 1.165) is 31.9 Å². The minimum atomic E-state index is 0.831. The van der Waals surface area contributed by atoms with Gasteiger partial charge in [0.05, 0.1) is 0 Å². The Morgan fingerprint density at radius 2 is 1.67 bits per heavy atom. The van der Waals surface area contributed by atoms with Gasteiger partial charge in [-0.3, -0.25) is 0 Å². The second-order valence-electron chi connectivity index (χ2n) is 3.89. The normalized spacial score (nSPS) is 19.3. The van der Waals surface area contributed by atoms with Gasteiger partial charge < -0.3 is 10.6 Å². The molecular formula is C11H17N3S. The third kappa shape index (κ3) is 3.12. The van der Waals surface area contributed by atoms with Gasteiger partial charge in [0, 0.05) is 36.8 Å². The predicted molar refractivity (Wildman–Crippen MR) is 65.8 cm³/mol. The molecule has 1 aliphatic rings. The summed E-state index contributed by atoms with van der Waals surface area (Å²) in [7, 11) is 2.17. The van der Waals surface area contributed by atoms with Crippen LogP contribution in [0.1, 0.15) is 0 Å². The molecule has 0 unspecified atom stereocenters. The zero-order valence-electron chi connectivity index (χ0n) is 9.02. The molecule has 0 aromatic heterocycles. The molecule has 0 radical (unpaired) electrons. The number of anilines is 1. The van der Waals surface area contributed by atoms with Gasteiger partial charge in [-0.15, -0.1) is 0 Å². The molecule has 1 fully saturated rings. The molecule has 15 heavy (non-hydrogen) atoms. The first-order valence-corrected chi connectivity index (χ1v) is 5.98. The maximum atomic E-state index is 5.65. The van der Waals surface area contributed by atoms with Crippen molar-refractivity contribution in [3.63, 3.8) is 0 Å². The third-order valence-corrected chi connectivity index (χ3v) is 3.68. The molecule has 3 nitrogen and oxygen atoms in total. The van der Waals surface area contributed by atoms with E-state index in [9.17, 15) is 0 Å². The number of hydrogen-bond acceptors (Lipinski definition) is 4. The molecule has 0 bridgehead atoms. The van der Waals surface area contributed by atoms with Gasteiger partial charge in [0.15, 0.2) is 0 Å². The maximum absolute atomic E-state index is 5.65. The third-order valence-electron chi connectivity index (χ3n) is 2.58. The van der Waals surface area contributed by atoms with E-state index in [-0.39, 0.29) is 0 Å². The van der Waals surface area contributed by atoms with Crippen LogP contribution in [0, 0.1) is 0 Å². The van der Waals surface area contributed by atoms with Crippen molar-refractivity contribution in [1.82, 2.24) is 9.21 Å². The van der Waals surface area contributed by atoms with Crippen LogP contribution in [0.3, 0.4) is 0 Å². The summed E-state index contributed by atoms with van der Waals surface area (Å²) in [4.78, 5) is 3.63. The van der Waals surface area contributed by atoms with Crippen LogP contribution in [0.25, 0.3) is 0 Å². The van der Waals surface area contributed by atoms with Crippen molar-refractivity contribution in [1.29, 1.82) is 0 Å². The molecule has 1 aromatic carbocycles. The molecule has 0 aliphatic carbocycles. The van der Waals surface area contributed by atoms with E-state index in [1.165, 1.54) is 4.90 Å². The van der Waals surface area contributed by atoms with Crippen molar-refractivity contribution >= 4 is 17.6 Å². The number of nitrogens with two attached hydrogens (primary N) is 1. The summed E-state index contributed by atoms with van der Waals surface area (Å²) in [6, 6.07) is 8.08. The zero-order chi connectivity index (χ0) is 10.7. The number of nitrogen functional groups attached to an aromatic ring is 1. The van der Waals surface area contributed by atoms with Crippen molar-refractivity contribution in [2.45, 2.75) is 4.90 Å². The van der Waals surface area contributed by atoms with Crippen molar-refractivity contribution in [2.75, 3.05) is 39.0 Å². The average Bonchev–Trinajstić information content (AvgIpc) is 2.25. The number of benzene rings is 1. The van der Waals surface area contributed by atoms with Gasteiger partial charge in [0.2, 0.25) is 0 Å². The molecule has 1 aromatic rings. The van der Waals surface area contributed by atoms with Gasteiger partial charge in [0.25, 0.3) is 0 Å². The molecule has 2 N–H and O–H groups in total. The van der Waals surface area contributed by atoms with Gasteiger partial charge in [-0.05, 0) is 43.3 Å². The van der Waals surface area contributed by atoms with Crippen molar-refractivity contribution in [3.05, 3.63) is 24.3 Å². The van der Waals surface area contributed by atoms with Crippen LogP contribution in [-0.2, 0) is 0 Å². The van der Waals surface area contributed by atoms with Gasteiger partial charge in [-0.2, -0.15) is 0 Å². The lowest BCUT2D eigenvalue weighted by Crippen LogP contribution is -2.40. The smallest absolute Gasteiger partial charge is 0.0314 e. The highest BCUT2D eigenvalue weighted by Crippen LogP contribution is 2.24. The lowest BCUT2D eigenvalue weighted by atomic mass is 10.3. The highest BCUT2D eigenvalue weighted by Gasteiger charge is 2.14. The highest BCUT2D eigenvalue weighted by atomic mass is 32.2. The standard InChI is InChI=1S/C11H17N3S/c1-13-6-8-14(9-7-13)15-11-4-2-10(12)3-5-11/h2-5H,6-9,12H2,1H3. The number of hydrogen-bond donors (Lipinski definition) is 1. The molecule has 0 spiro atoms. The number of nitrogens with zero attached hydrogens (tertiary/aromatic N) is 2. The summed E-state index contributed by atoms with van der Waals surface area (Å²) in [5, 5.41) is 0. The number of piperazine rings is 1. The Morgan fingerprint density at radius 3 is 2.27 bits per heavy atom. The summed E-state index contributed by atoms with van der Waals surface area (Å²) < 4.78 is 2.41. The molecule has 82 valence electrons. The predicted octanol–water partition coefficient (Wildman–Crippen LogP) is 1.52. The van der Waals surface area contributed by atoms with Crippen LogP contribution < -0.4 is 5.73 Å². The monoisotopic (exact) mass is 223 g/mol. The minimum absolute atomic E-state index is 0.831. The lowest BCUT2D eigenvalue weighted by Gasteiger charge is -2.31. The summed E-state index contributed by atoms with van der Waals surface area (Å²) in [5.41, 5.74) is 6.48. The van der Waals surface area contributed by atoms with Crippen LogP contribution in [-0.4, -0.2) is 42.4 Å². The fourth-order valence-electron chi connectivity index (χ4n) is 1.56. The fourth-order valence-corrected chi connectivity index (χ4v) is 2.46. The second kappa shape index (κ2) is 4.88. The van der Waals surface area contributed by atoms with Crippen LogP contribution in [0.15, 0.2) is 29.2 Å². The average molecular weight is 223 g/mol. The Hall–Kier alpha value is -0.710. The van der Waals surface area contributed by atoms with E-state index in [1.807, 2.05) is 24.1 Å². The molecule has 0 saturated carbocycles. The number of rotatable bonds is 2. The first-order chi connectivity index (χ1) is 7.24. The lowest BCUT2D eigenvalue weighted by molar-refractivity contribution is 0.233. The zero-order valence-corrected chi connectivity index (χ0v) is 9.83. The Morgan fingerprint density at radius 1 is 1.07 bits per heavy atom. The van der Waals surface area contributed by atoms with Crippen molar-refractivity contribution < 1.29 is 0 Å². The second-order valence-corrected chi connectivity index (χ2v) is 5.06. The Kier molecular flexibility index (Phi) is 3.51. The van der Waals surface area contributed by atoms with Gasteiger partial charge in [-0.1, -0.05) is 0 Å². The molecule has 2 rings (SSSR count). The number of likely N-dealkylation sites (N-methyl/N-ethyl adjacent to an activating group) is 1. The largest absolute Gasteiger partial charge is 0.399 e. The Bertz CT molecular complexity index is 304. The van der Waals surface area contributed by atoms with Crippen LogP contribution >= 0.6 is 11.9 Å². The van der Waals surface area contributed by atoms with E-state index < -0.39 is 0 Å². The maximum Gasteiger partial charge on any atom is 0.0314 e. The first kappa shape index (κ1) is 10.8. The van der Waals surface area contributed by atoms with Crippen LogP contribution in [0.4, 0.5) is 5.69 Å². The quantitative estimate of drug-likeness (QED) is 0.609. The topological polar surface area (TPSA) is 32.5 Å². The molecule has 0 amide bonds. The molecule has 0 atom stereocenters. The fraction of sp³-hybridized carbons (Fsp3) is 0.455. The van der Waals surface area contributed by atoms with E-state index in [2.05, 4.69) is 28.4 Å². The van der Waals surface area contributed by atoms with E-state index in [4.69, 9.17) is 5.73 Å². The summed E-state index contributed by atoms with van der Waals surface area (Å²) in [6.45, 7) is 4.57. The molecular weight excluding hydrogens is 206 g/mol. The Balaban J connectivity index is 1.89. The van der Waals surface area contributed by atoms with Crippen molar-refractivity contribution in [3.8, 4) is 0 Å². The summed E-state index contributed by atoms with van der Waals surface area (Å²) in [6.07, 6.45) is 0. The minimum Gasteiger partial charge on any atom is -0.399 e. The Labute approximate surface area is 95.4 Å². The molecule has 1 aliphatic heterocycles. The molecule has 1 saturated heterocycles. The van der Waals surface area contributed by atoms with Gasteiger partial charge in [-0.25, -0.2) is 4.31 Å². The SMILES string of the molecule is CN1CCN(Sc2ccc(N)cc2)CC1. The van der Waals surface area contributed by atoms with Crippen molar-refractivity contribution in [2.24, 2.45) is 0 Å². The highest BCUT2D eigenvalue weighted by molar-refractivity contribution is 7.97. The molecule has 1 heterocycles. The van der Waals surface area contributed by atoms with Crippen LogP contribution in [0.2, 0.25) is 0 Å². The van der Waals surface area contributed by atoms with Crippen LogP contribution in [0.5, 0.6) is 0 Å². The summed E-state index contributed by atoms with van der Waals surface area (Å²) >= 11 is 1.83. The van der Waals surface area contributed by atoms with E-state index >= 15 is 0 Å². The van der Waals surface area contributed by atoms with Gasteiger partial charge in [0.1, 0.15) is 0 Å². The summed E-state index contributed by atoms with van der Waals surface area (Å²) in [5.74, 6) is 0. The van der Waals surface area contributed by atoms with E-state index in [1.54, 1.807) is 0 Å².